The topological polar surface area (TPSA) is 87.9 Å². The van der Waals surface area contributed by atoms with Crippen molar-refractivity contribution in [1.82, 2.24) is 4.90 Å². The summed E-state index contributed by atoms with van der Waals surface area (Å²) >= 11 is 6.00. The summed E-state index contributed by atoms with van der Waals surface area (Å²) in [5.74, 6) is -0.350. The number of alkyl halides is 2. The number of nitro groups is 1. The number of nitrogens with zero attached hydrogens (tertiary/aromatic N) is 3. The number of ether oxygens (including phenoxy) is 1. The number of hydrogen-bond acceptors (Lipinski definition) is 5. The Kier molecular flexibility index (Phi) is 6.32. The molecule has 11 heteroatoms. The molecule has 0 radical (unpaired) electrons. The van der Waals surface area contributed by atoms with E-state index in [9.17, 15) is 23.7 Å². The van der Waals surface area contributed by atoms with Crippen LogP contribution in [0.5, 0.6) is 5.75 Å². The van der Waals surface area contributed by atoms with Crippen molar-refractivity contribution in [3.8, 4) is 5.75 Å². The van der Waals surface area contributed by atoms with Crippen molar-refractivity contribution in [2.24, 2.45) is 0 Å². The Morgan fingerprint density at radius 3 is 2.52 bits per heavy atom. The zero-order valence-electron chi connectivity index (χ0n) is 15.1. The van der Waals surface area contributed by atoms with Crippen LogP contribution in [0.15, 0.2) is 42.5 Å². The first-order valence-corrected chi connectivity index (χ1v) is 9.01. The minimum atomic E-state index is -3.13. The quantitative estimate of drug-likeness (QED) is 0.571. The summed E-state index contributed by atoms with van der Waals surface area (Å²) in [5, 5.41) is 14.0. The number of hydrogen-bond donors (Lipinski definition) is 1. The highest BCUT2D eigenvalue weighted by atomic mass is 35.5. The lowest BCUT2D eigenvalue weighted by Gasteiger charge is -2.36. The number of non-ortho nitro benzene ring substituents is 1. The van der Waals surface area contributed by atoms with Gasteiger partial charge in [0.15, 0.2) is 0 Å². The van der Waals surface area contributed by atoms with Gasteiger partial charge < -0.3 is 19.9 Å². The lowest BCUT2D eigenvalue weighted by atomic mass is 10.2. The van der Waals surface area contributed by atoms with Crippen molar-refractivity contribution >= 4 is 34.7 Å². The predicted octanol–water partition coefficient (Wildman–Crippen LogP) is 4.20. The van der Waals surface area contributed by atoms with Crippen molar-refractivity contribution in [3.05, 3.63) is 57.6 Å². The van der Waals surface area contributed by atoms with Gasteiger partial charge in [-0.25, -0.2) is 4.79 Å². The van der Waals surface area contributed by atoms with Gasteiger partial charge in [-0.1, -0.05) is 17.7 Å². The van der Waals surface area contributed by atoms with Gasteiger partial charge in [-0.2, -0.15) is 8.78 Å². The minimum Gasteiger partial charge on any atom is -0.433 e. The lowest BCUT2D eigenvalue weighted by Crippen LogP contribution is -2.50. The van der Waals surface area contributed by atoms with Gasteiger partial charge in [0, 0.05) is 49.0 Å². The van der Waals surface area contributed by atoms with Gasteiger partial charge in [0.25, 0.3) is 5.69 Å². The van der Waals surface area contributed by atoms with E-state index in [-0.39, 0.29) is 17.1 Å². The Balaban J connectivity index is 1.67. The monoisotopic (exact) mass is 426 g/mol. The fourth-order valence-corrected chi connectivity index (χ4v) is 3.15. The Bertz CT molecular complexity index is 907. The van der Waals surface area contributed by atoms with Crippen LogP contribution in [0.1, 0.15) is 0 Å². The number of anilines is 2. The van der Waals surface area contributed by atoms with Gasteiger partial charge in [-0.15, -0.1) is 0 Å². The van der Waals surface area contributed by atoms with E-state index in [1.807, 2.05) is 18.2 Å². The van der Waals surface area contributed by atoms with Crippen LogP contribution in [0.2, 0.25) is 5.02 Å². The van der Waals surface area contributed by atoms with E-state index >= 15 is 0 Å². The van der Waals surface area contributed by atoms with Crippen LogP contribution in [0.25, 0.3) is 0 Å². The van der Waals surface area contributed by atoms with Crippen LogP contribution in [-0.2, 0) is 0 Å². The number of piperazine rings is 1. The number of amides is 2. The molecule has 3 rings (SSSR count). The number of nitro benzene ring substituents is 1. The summed E-state index contributed by atoms with van der Waals surface area (Å²) in [6, 6.07) is 9.82. The molecular weight excluding hydrogens is 410 g/mol. The molecule has 0 aliphatic carbocycles. The maximum absolute atomic E-state index is 12.6. The van der Waals surface area contributed by atoms with E-state index in [0.717, 1.165) is 23.9 Å². The third kappa shape index (κ3) is 5.23. The minimum absolute atomic E-state index is 0.193. The van der Waals surface area contributed by atoms with E-state index in [4.69, 9.17) is 11.6 Å². The van der Waals surface area contributed by atoms with Crippen LogP contribution in [-0.4, -0.2) is 48.6 Å². The molecule has 0 spiro atoms. The zero-order chi connectivity index (χ0) is 21.0. The number of nitrogens with one attached hydrogen (secondary N) is 1. The average molecular weight is 427 g/mol. The molecule has 1 N–H and O–H groups in total. The second kappa shape index (κ2) is 8.91. The van der Waals surface area contributed by atoms with Crippen LogP contribution >= 0.6 is 11.6 Å². The van der Waals surface area contributed by atoms with Gasteiger partial charge in [-0.3, -0.25) is 10.1 Å². The van der Waals surface area contributed by atoms with E-state index in [1.54, 1.807) is 6.07 Å². The highest BCUT2D eigenvalue weighted by molar-refractivity contribution is 6.30. The molecule has 154 valence electrons. The smallest absolute Gasteiger partial charge is 0.387 e. The number of rotatable bonds is 5. The number of carbonyl (C=O) groups excluding carboxylic acids is 1. The molecular formula is C18H17ClF2N4O4. The molecule has 1 saturated heterocycles. The van der Waals surface area contributed by atoms with E-state index < -0.39 is 17.6 Å². The van der Waals surface area contributed by atoms with Crippen molar-refractivity contribution in [2.75, 3.05) is 36.4 Å². The average Bonchev–Trinajstić information content (AvgIpc) is 2.69. The molecule has 1 heterocycles. The van der Waals surface area contributed by atoms with Crippen LogP contribution in [0.4, 0.5) is 30.6 Å². The molecule has 0 bridgehead atoms. The maximum atomic E-state index is 12.6. The van der Waals surface area contributed by atoms with E-state index in [0.29, 0.717) is 31.2 Å². The second-order valence-corrected chi connectivity index (χ2v) is 6.64. The second-order valence-electron chi connectivity index (χ2n) is 6.20. The molecule has 29 heavy (non-hydrogen) atoms. The Morgan fingerprint density at radius 2 is 1.90 bits per heavy atom. The summed E-state index contributed by atoms with van der Waals surface area (Å²) in [6.45, 7) is -1.30. The fourth-order valence-electron chi connectivity index (χ4n) is 2.96. The first kappa shape index (κ1) is 20.6. The van der Waals surface area contributed by atoms with Crippen LogP contribution in [0, 0.1) is 10.1 Å². The Hall–Kier alpha value is -3.14. The third-order valence-electron chi connectivity index (χ3n) is 4.37. The zero-order valence-corrected chi connectivity index (χ0v) is 15.8. The van der Waals surface area contributed by atoms with Crippen LogP contribution in [0.3, 0.4) is 0 Å². The molecule has 0 atom stereocenters. The molecule has 0 aromatic heterocycles. The van der Waals surface area contributed by atoms with Crippen molar-refractivity contribution < 1.29 is 23.2 Å². The van der Waals surface area contributed by atoms with Gasteiger partial charge >= 0.3 is 12.6 Å². The predicted molar refractivity (Wildman–Crippen MR) is 104 cm³/mol. The summed E-state index contributed by atoms with van der Waals surface area (Å²) in [7, 11) is 0. The molecule has 8 nitrogen and oxygen atoms in total. The summed E-state index contributed by atoms with van der Waals surface area (Å²) in [6.07, 6.45) is 0. The van der Waals surface area contributed by atoms with Gasteiger partial charge in [-0.05, 0) is 24.3 Å². The molecule has 0 unspecified atom stereocenters. The normalized spacial score (nSPS) is 14.1. The number of benzene rings is 2. The standard InChI is InChI=1S/C18H17ClF2N4O4/c19-12-2-1-3-13(10-12)23-6-8-24(9-7-23)18(26)22-15-11-14(25(27)28)4-5-16(15)29-17(20)21/h1-5,10-11,17H,6-9H2,(H,22,26). The molecule has 1 fully saturated rings. The summed E-state index contributed by atoms with van der Waals surface area (Å²) in [5.41, 5.74) is 0.387. The first-order chi connectivity index (χ1) is 13.8. The number of carbonyl (C=O) groups is 1. The van der Waals surface area contributed by atoms with E-state index in [2.05, 4.69) is 15.0 Å². The van der Waals surface area contributed by atoms with Gasteiger partial charge in [0.1, 0.15) is 5.75 Å². The Morgan fingerprint density at radius 1 is 1.17 bits per heavy atom. The first-order valence-electron chi connectivity index (χ1n) is 8.63. The highest BCUT2D eigenvalue weighted by Gasteiger charge is 2.23. The van der Waals surface area contributed by atoms with E-state index in [1.165, 1.54) is 4.90 Å². The van der Waals surface area contributed by atoms with Gasteiger partial charge in [0.05, 0.1) is 10.6 Å². The molecule has 1 aliphatic rings. The van der Waals surface area contributed by atoms with Crippen LogP contribution < -0.4 is 15.0 Å². The largest absolute Gasteiger partial charge is 0.433 e. The third-order valence-corrected chi connectivity index (χ3v) is 4.61. The highest BCUT2D eigenvalue weighted by Crippen LogP contribution is 2.31. The van der Waals surface area contributed by atoms with Crippen molar-refractivity contribution in [3.63, 3.8) is 0 Å². The van der Waals surface area contributed by atoms with Crippen molar-refractivity contribution in [2.45, 2.75) is 6.61 Å². The molecule has 2 aromatic rings. The SMILES string of the molecule is O=C(Nc1cc([N+](=O)[O-])ccc1OC(F)F)N1CCN(c2cccc(Cl)c2)CC1. The molecule has 2 aromatic carbocycles. The molecule has 1 aliphatic heterocycles. The number of halogens is 3. The Labute approximate surface area is 169 Å². The fraction of sp³-hybridized carbons (Fsp3) is 0.278. The maximum Gasteiger partial charge on any atom is 0.387 e. The molecule has 2 amide bonds. The molecule has 0 saturated carbocycles. The summed E-state index contributed by atoms with van der Waals surface area (Å²) < 4.78 is 29.5. The summed E-state index contributed by atoms with van der Waals surface area (Å²) in [4.78, 5) is 26.4. The van der Waals surface area contributed by atoms with Crippen molar-refractivity contribution in [1.29, 1.82) is 0 Å². The number of urea groups is 1. The van der Waals surface area contributed by atoms with Gasteiger partial charge in [0.2, 0.25) is 0 Å². The lowest BCUT2D eigenvalue weighted by molar-refractivity contribution is -0.384.